The van der Waals surface area contributed by atoms with Crippen LogP contribution in [-0.4, -0.2) is 46.6 Å². The zero-order valence-corrected chi connectivity index (χ0v) is 15.9. The molecule has 148 valence electrons. The van der Waals surface area contributed by atoms with E-state index in [-0.39, 0.29) is 29.5 Å². The van der Waals surface area contributed by atoms with Crippen LogP contribution in [0.2, 0.25) is 0 Å². The molecular formula is C21H19FN4O3. The molecule has 0 saturated heterocycles. The lowest BCUT2D eigenvalue weighted by Crippen LogP contribution is -2.25. The average Bonchev–Trinajstić information content (AvgIpc) is 3.19. The smallest absolute Gasteiger partial charge is 0.276 e. The van der Waals surface area contributed by atoms with E-state index in [1.165, 1.54) is 35.5 Å². The van der Waals surface area contributed by atoms with Crippen molar-refractivity contribution in [3.8, 4) is 0 Å². The molecule has 0 bridgehead atoms. The monoisotopic (exact) mass is 394 g/mol. The van der Waals surface area contributed by atoms with Gasteiger partial charge in [0, 0.05) is 31.8 Å². The molecule has 0 fully saturated rings. The number of nitrogens with zero attached hydrogens (tertiary/aromatic N) is 2. The van der Waals surface area contributed by atoms with Crippen molar-refractivity contribution in [3.05, 3.63) is 83.2 Å². The number of halogens is 1. The zero-order valence-electron chi connectivity index (χ0n) is 15.9. The normalized spacial score (nSPS) is 10.4. The number of carbonyl (C=O) groups excluding carboxylic acids is 3. The molecule has 3 aromatic rings. The fourth-order valence-electron chi connectivity index (χ4n) is 2.67. The third kappa shape index (κ3) is 4.73. The van der Waals surface area contributed by atoms with Crippen LogP contribution in [0.3, 0.4) is 0 Å². The van der Waals surface area contributed by atoms with Gasteiger partial charge in [0.05, 0.1) is 6.33 Å². The van der Waals surface area contributed by atoms with Crippen molar-refractivity contribution in [2.75, 3.05) is 19.4 Å². The highest BCUT2D eigenvalue weighted by atomic mass is 19.1. The number of aromatic amines is 1. The molecule has 0 aliphatic heterocycles. The maximum absolute atomic E-state index is 13.0. The van der Waals surface area contributed by atoms with Crippen LogP contribution in [0.5, 0.6) is 0 Å². The minimum Gasteiger partial charge on any atom is -0.343 e. The van der Waals surface area contributed by atoms with Gasteiger partial charge in [0.25, 0.3) is 11.8 Å². The Morgan fingerprint density at radius 1 is 1.03 bits per heavy atom. The molecule has 0 spiro atoms. The SMILES string of the molecule is CN(C)C(=O)c1[nH]cnc1C(=O)Nc1ccc(CC(=O)c2ccc(F)cc2)cc1. The van der Waals surface area contributed by atoms with E-state index in [2.05, 4.69) is 15.3 Å². The second-order valence-corrected chi connectivity index (χ2v) is 6.58. The number of rotatable bonds is 6. The number of hydrogen-bond donors (Lipinski definition) is 2. The molecule has 2 amide bonds. The molecule has 29 heavy (non-hydrogen) atoms. The molecule has 0 aliphatic carbocycles. The van der Waals surface area contributed by atoms with E-state index in [4.69, 9.17) is 0 Å². The first-order chi connectivity index (χ1) is 13.8. The zero-order chi connectivity index (χ0) is 21.0. The Morgan fingerprint density at radius 3 is 2.31 bits per heavy atom. The molecular weight excluding hydrogens is 375 g/mol. The first kappa shape index (κ1) is 19.9. The quantitative estimate of drug-likeness (QED) is 0.629. The van der Waals surface area contributed by atoms with Crippen LogP contribution < -0.4 is 5.32 Å². The molecule has 0 unspecified atom stereocenters. The number of aromatic nitrogens is 2. The Kier molecular flexibility index (Phi) is 5.82. The largest absolute Gasteiger partial charge is 0.343 e. The molecule has 2 aromatic carbocycles. The number of anilines is 1. The number of ketones is 1. The van der Waals surface area contributed by atoms with Crippen molar-refractivity contribution in [1.29, 1.82) is 0 Å². The van der Waals surface area contributed by atoms with Crippen LogP contribution in [0.25, 0.3) is 0 Å². The highest BCUT2D eigenvalue weighted by molar-refractivity contribution is 6.10. The van der Waals surface area contributed by atoms with Crippen molar-refractivity contribution < 1.29 is 18.8 Å². The molecule has 1 heterocycles. The van der Waals surface area contributed by atoms with Crippen molar-refractivity contribution in [2.45, 2.75) is 6.42 Å². The molecule has 0 saturated carbocycles. The van der Waals surface area contributed by atoms with Gasteiger partial charge in [-0.1, -0.05) is 12.1 Å². The summed E-state index contributed by atoms with van der Waals surface area (Å²) < 4.78 is 13.0. The van der Waals surface area contributed by atoms with Gasteiger partial charge in [0.1, 0.15) is 11.5 Å². The van der Waals surface area contributed by atoms with Gasteiger partial charge in [-0.15, -0.1) is 0 Å². The molecule has 1 aromatic heterocycles. The first-order valence-electron chi connectivity index (χ1n) is 8.79. The van der Waals surface area contributed by atoms with E-state index in [0.29, 0.717) is 11.3 Å². The third-order valence-electron chi connectivity index (χ3n) is 4.22. The van der Waals surface area contributed by atoms with Gasteiger partial charge >= 0.3 is 0 Å². The maximum Gasteiger partial charge on any atom is 0.276 e. The number of amides is 2. The summed E-state index contributed by atoms with van der Waals surface area (Å²) in [5.74, 6) is -1.41. The Hall–Kier alpha value is -3.81. The van der Waals surface area contributed by atoms with Crippen LogP contribution >= 0.6 is 0 Å². The van der Waals surface area contributed by atoms with Crippen LogP contribution in [0.15, 0.2) is 54.9 Å². The van der Waals surface area contributed by atoms with Gasteiger partial charge in [-0.2, -0.15) is 0 Å². The highest BCUT2D eigenvalue weighted by Crippen LogP contribution is 2.15. The number of nitrogens with one attached hydrogen (secondary N) is 2. The number of carbonyl (C=O) groups is 3. The van der Waals surface area contributed by atoms with E-state index in [1.54, 1.807) is 38.4 Å². The van der Waals surface area contributed by atoms with Crippen molar-refractivity contribution in [3.63, 3.8) is 0 Å². The summed E-state index contributed by atoms with van der Waals surface area (Å²) in [4.78, 5) is 44.7. The Labute approximate surface area is 166 Å². The maximum atomic E-state index is 13.0. The molecule has 8 heteroatoms. The summed E-state index contributed by atoms with van der Waals surface area (Å²) in [6, 6.07) is 12.1. The molecule has 0 aliphatic rings. The molecule has 2 N–H and O–H groups in total. The van der Waals surface area contributed by atoms with Crippen molar-refractivity contribution in [1.82, 2.24) is 14.9 Å². The lowest BCUT2D eigenvalue weighted by atomic mass is 10.0. The fraction of sp³-hybridized carbons (Fsp3) is 0.143. The fourth-order valence-corrected chi connectivity index (χ4v) is 2.67. The lowest BCUT2D eigenvalue weighted by Gasteiger charge is -2.10. The lowest BCUT2D eigenvalue weighted by molar-refractivity contribution is 0.0816. The minimum absolute atomic E-state index is 0.000681. The molecule has 0 radical (unpaired) electrons. The second-order valence-electron chi connectivity index (χ2n) is 6.58. The Balaban J connectivity index is 1.66. The predicted molar refractivity (Wildman–Crippen MR) is 105 cm³/mol. The van der Waals surface area contributed by atoms with E-state index < -0.39 is 11.7 Å². The topological polar surface area (TPSA) is 95.2 Å². The van der Waals surface area contributed by atoms with Crippen LogP contribution in [0, 0.1) is 5.82 Å². The van der Waals surface area contributed by atoms with Crippen LogP contribution in [0.1, 0.15) is 36.9 Å². The minimum atomic E-state index is -0.522. The van der Waals surface area contributed by atoms with Gasteiger partial charge < -0.3 is 15.2 Å². The molecule has 3 rings (SSSR count). The number of imidazole rings is 1. The third-order valence-corrected chi connectivity index (χ3v) is 4.22. The van der Waals surface area contributed by atoms with Gasteiger partial charge in [-0.3, -0.25) is 14.4 Å². The molecule has 0 atom stereocenters. The summed E-state index contributed by atoms with van der Waals surface area (Å²) in [6.45, 7) is 0. The van der Waals surface area contributed by atoms with Gasteiger partial charge in [-0.25, -0.2) is 9.37 Å². The predicted octanol–water partition coefficient (Wildman–Crippen LogP) is 2.93. The van der Waals surface area contributed by atoms with Gasteiger partial charge in [-0.05, 0) is 42.0 Å². The van der Waals surface area contributed by atoms with Crippen LogP contribution in [-0.2, 0) is 6.42 Å². The standard InChI is InChI=1S/C21H19FN4O3/c1-26(2)21(29)19-18(23-12-24-19)20(28)25-16-9-3-13(4-10-16)11-17(27)14-5-7-15(22)8-6-14/h3-10,12H,11H2,1-2H3,(H,23,24)(H,25,28). The number of Topliss-reactive ketones (excluding diaryl/α,β-unsaturated/α-hetero) is 1. The van der Waals surface area contributed by atoms with Gasteiger partial charge in [0.2, 0.25) is 0 Å². The summed E-state index contributed by atoms with van der Waals surface area (Å²) >= 11 is 0. The second kappa shape index (κ2) is 8.47. The average molecular weight is 394 g/mol. The summed E-state index contributed by atoms with van der Waals surface area (Å²) in [7, 11) is 3.16. The van der Waals surface area contributed by atoms with E-state index >= 15 is 0 Å². The molecule has 7 nitrogen and oxygen atoms in total. The first-order valence-corrected chi connectivity index (χ1v) is 8.79. The summed E-state index contributed by atoms with van der Waals surface area (Å²) in [5.41, 5.74) is 1.79. The number of hydrogen-bond acceptors (Lipinski definition) is 4. The Bertz CT molecular complexity index is 1040. The van der Waals surface area contributed by atoms with E-state index in [0.717, 1.165) is 5.56 Å². The highest BCUT2D eigenvalue weighted by Gasteiger charge is 2.21. The van der Waals surface area contributed by atoms with E-state index in [1.807, 2.05) is 0 Å². The number of H-pyrrole nitrogens is 1. The van der Waals surface area contributed by atoms with Crippen molar-refractivity contribution >= 4 is 23.3 Å². The summed E-state index contributed by atoms with van der Waals surface area (Å²) in [6.07, 6.45) is 1.44. The van der Waals surface area contributed by atoms with Crippen LogP contribution in [0.4, 0.5) is 10.1 Å². The van der Waals surface area contributed by atoms with Gasteiger partial charge in [0.15, 0.2) is 11.5 Å². The number of benzene rings is 2. The van der Waals surface area contributed by atoms with Crippen molar-refractivity contribution in [2.24, 2.45) is 0 Å². The summed E-state index contributed by atoms with van der Waals surface area (Å²) in [5, 5.41) is 2.68. The van der Waals surface area contributed by atoms with E-state index in [9.17, 15) is 18.8 Å². The Morgan fingerprint density at radius 2 is 1.69 bits per heavy atom.